The van der Waals surface area contributed by atoms with Gasteiger partial charge in [0.15, 0.2) is 5.82 Å². The normalized spacial score (nSPS) is 14.8. The largest absolute Gasteiger partial charge is 0.388 e. The van der Waals surface area contributed by atoms with Crippen LogP contribution in [0.4, 0.5) is 10.1 Å². The number of hydrogen-bond donors (Lipinski definition) is 2. The first-order chi connectivity index (χ1) is 7.74. The van der Waals surface area contributed by atoms with Crippen molar-refractivity contribution in [3.05, 3.63) is 28.0 Å². The third-order valence-corrected chi connectivity index (χ3v) is 3.43. The zero-order valence-electron chi connectivity index (χ0n) is 10.0. The van der Waals surface area contributed by atoms with Crippen molar-refractivity contribution in [3.63, 3.8) is 0 Å². The number of aliphatic hydroxyl groups is 1. The molecule has 17 heavy (non-hydrogen) atoms. The Morgan fingerprint density at radius 1 is 1.35 bits per heavy atom. The van der Waals surface area contributed by atoms with Gasteiger partial charge in [0.05, 0.1) is 15.6 Å². The molecule has 0 saturated carbocycles. The number of nitrogens with one attached hydrogen (secondary N) is 1. The molecule has 2 nitrogen and oxygen atoms in total. The zero-order valence-corrected chi connectivity index (χ0v) is 11.5. The van der Waals surface area contributed by atoms with Gasteiger partial charge in [0.1, 0.15) is 0 Å². The van der Waals surface area contributed by atoms with Crippen molar-refractivity contribution in [3.8, 4) is 0 Å². The summed E-state index contributed by atoms with van der Waals surface area (Å²) in [5, 5.41) is 13.0. The Labute approximate surface area is 111 Å². The number of rotatable bonds is 4. The summed E-state index contributed by atoms with van der Waals surface area (Å²) in [6.07, 6.45) is 0. The van der Waals surface area contributed by atoms with Gasteiger partial charge in [-0.1, -0.05) is 37.0 Å². The van der Waals surface area contributed by atoms with E-state index in [1.165, 1.54) is 12.1 Å². The maximum Gasteiger partial charge on any atom is 0.160 e. The highest BCUT2D eigenvalue weighted by Gasteiger charge is 2.24. The summed E-state index contributed by atoms with van der Waals surface area (Å²) in [4.78, 5) is 0. The lowest BCUT2D eigenvalue weighted by Gasteiger charge is -2.28. The summed E-state index contributed by atoms with van der Waals surface area (Å²) < 4.78 is 13.2. The molecule has 1 unspecified atom stereocenters. The van der Waals surface area contributed by atoms with Gasteiger partial charge in [0.2, 0.25) is 0 Å². The number of hydrogen-bond acceptors (Lipinski definition) is 2. The minimum absolute atomic E-state index is 0.0378. The Kier molecular flexibility index (Phi) is 4.64. The molecule has 0 aliphatic carbocycles. The summed E-state index contributed by atoms with van der Waals surface area (Å²) in [5.74, 6) is -0.532. The van der Waals surface area contributed by atoms with Crippen molar-refractivity contribution in [1.82, 2.24) is 0 Å². The molecule has 0 fully saturated rings. The molecule has 0 heterocycles. The number of anilines is 1. The van der Waals surface area contributed by atoms with Crippen molar-refractivity contribution >= 4 is 28.9 Å². The van der Waals surface area contributed by atoms with Crippen LogP contribution >= 0.6 is 23.2 Å². The highest BCUT2D eigenvalue weighted by molar-refractivity contribution is 6.35. The van der Waals surface area contributed by atoms with E-state index >= 15 is 0 Å². The van der Waals surface area contributed by atoms with Crippen molar-refractivity contribution in [2.24, 2.45) is 5.92 Å². The highest BCUT2D eigenvalue weighted by Crippen LogP contribution is 2.28. The molecule has 0 aliphatic heterocycles. The molecule has 96 valence electrons. The first-order valence-electron chi connectivity index (χ1n) is 5.35. The molecular formula is C12H16Cl2FNO. The lowest BCUT2D eigenvalue weighted by atomic mass is 9.92. The molecule has 0 aliphatic rings. The van der Waals surface area contributed by atoms with E-state index in [1.54, 1.807) is 6.92 Å². The van der Waals surface area contributed by atoms with Crippen LogP contribution in [-0.2, 0) is 0 Å². The standard InChI is InChI=1S/C12H16Cl2FNO/c1-7(2)12(3,17)6-16-8-4-9(13)11(15)10(14)5-8/h4-5,7,16-17H,6H2,1-3H3. The minimum Gasteiger partial charge on any atom is -0.388 e. The quantitative estimate of drug-likeness (QED) is 0.818. The molecule has 1 aromatic rings. The van der Waals surface area contributed by atoms with Crippen LogP contribution < -0.4 is 5.32 Å². The fourth-order valence-electron chi connectivity index (χ4n) is 1.14. The second-order valence-corrected chi connectivity index (χ2v) is 5.43. The predicted octanol–water partition coefficient (Wildman–Crippen LogP) is 3.95. The van der Waals surface area contributed by atoms with E-state index in [4.69, 9.17) is 23.2 Å². The van der Waals surface area contributed by atoms with E-state index in [0.29, 0.717) is 12.2 Å². The maximum absolute atomic E-state index is 13.2. The van der Waals surface area contributed by atoms with Gasteiger partial charge in [-0.25, -0.2) is 4.39 Å². The van der Waals surface area contributed by atoms with Gasteiger partial charge >= 0.3 is 0 Å². The maximum atomic E-state index is 13.2. The van der Waals surface area contributed by atoms with Crippen molar-refractivity contribution in [1.29, 1.82) is 0 Å². The van der Waals surface area contributed by atoms with E-state index in [0.717, 1.165) is 0 Å². The third kappa shape index (κ3) is 3.73. The fraction of sp³-hybridized carbons (Fsp3) is 0.500. The summed E-state index contributed by atoms with van der Waals surface area (Å²) in [5.41, 5.74) is -0.268. The van der Waals surface area contributed by atoms with Gasteiger partial charge < -0.3 is 10.4 Å². The molecule has 0 amide bonds. The van der Waals surface area contributed by atoms with Crippen LogP contribution in [0.15, 0.2) is 12.1 Å². The van der Waals surface area contributed by atoms with E-state index in [9.17, 15) is 9.50 Å². The average Bonchev–Trinajstić information content (AvgIpc) is 2.22. The van der Waals surface area contributed by atoms with Gasteiger partial charge in [-0.05, 0) is 25.0 Å². The first kappa shape index (κ1) is 14.6. The second-order valence-electron chi connectivity index (χ2n) is 4.62. The summed E-state index contributed by atoms with van der Waals surface area (Å²) in [6, 6.07) is 2.89. The van der Waals surface area contributed by atoms with Gasteiger partial charge in [0.25, 0.3) is 0 Å². The molecule has 1 aromatic carbocycles. The van der Waals surface area contributed by atoms with Crippen molar-refractivity contribution < 1.29 is 9.50 Å². The molecule has 0 saturated heterocycles. The SMILES string of the molecule is CC(C)C(C)(O)CNc1cc(Cl)c(F)c(Cl)c1. The van der Waals surface area contributed by atoms with E-state index in [-0.39, 0.29) is 16.0 Å². The lowest BCUT2D eigenvalue weighted by molar-refractivity contribution is 0.0266. The van der Waals surface area contributed by atoms with Crippen LogP contribution in [0.5, 0.6) is 0 Å². The Morgan fingerprint density at radius 2 is 1.82 bits per heavy atom. The van der Waals surface area contributed by atoms with Crippen molar-refractivity contribution in [2.75, 3.05) is 11.9 Å². The Morgan fingerprint density at radius 3 is 2.24 bits per heavy atom. The summed E-state index contributed by atoms with van der Waals surface area (Å²) in [6.45, 7) is 5.92. The van der Waals surface area contributed by atoms with Gasteiger partial charge in [-0.15, -0.1) is 0 Å². The highest BCUT2D eigenvalue weighted by atomic mass is 35.5. The second kappa shape index (κ2) is 5.42. The molecule has 0 aromatic heterocycles. The van der Waals surface area contributed by atoms with E-state index in [2.05, 4.69) is 5.32 Å². The number of benzene rings is 1. The number of halogens is 3. The van der Waals surface area contributed by atoms with Crippen LogP contribution in [-0.4, -0.2) is 17.3 Å². The Balaban J connectivity index is 2.77. The topological polar surface area (TPSA) is 32.3 Å². The molecule has 0 spiro atoms. The average molecular weight is 280 g/mol. The van der Waals surface area contributed by atoms with Crippen LogP contribution in [0.2, 0.25) is 10.0 Å². The van der Waals surface area contributed by atoms with Crippen LogP contribution in [0.3, 0.4) is 0 Å². The molecule has 0 bridgehead atoms. The van der Waals surface area contributed by atoms with Gasteiger partial charge in [-0.3, -0.25) is 0 Å². The minimum atomic E-state index is -0.854. The lowest BCUT2D eigenvalue weighted by Crippen LogP contribution is -2.38. The Hall–Kier alpha value is -0.510. The molecule has 5 heteroatoms. The molecular weight excluding hydrogens is 264 g/mol. The van der Waals surface area contributed by atoms with Gasteiger partial charge in [-0.2, -0.15) is 0 Å². The third-order valence-electron chi connectivity index (χ3n) is 2.88. The van der Waals surface area contributed by atoms with Crippen LogP contribution in [0, 0.1) is 11.7 Å². The summed E-state index contributed by atoms with van der Waals surface area (Å²) in [7, 11) is 0. The van der Waals surface area contributed by atoms with E-state index in [1.807, 2.05) is 13.8 Å². The summed E-state index contributed by atoms with van der Waals surface area (Å²) >= 11 is 11.3. The van der Waals surface area contributed by atoms with Crippen LogP contribution in [0.25, 0.3) is 0 Å². The molecule has 1 atom stereocenters. The van der Waals surface area contributed by atoms with Crippen molar-refractivity contribution in [2.45, 2.75) is 26.4 Å². The molecule has 1 rings (SSSR count). The fourth-order valence-corrected chi connectivity index (χ4v) is 1.63. The smallest absolute Gasteiger partial charge is 0.160 e. The Bertz CT molecular complexity index is 384. The first-order valence-corrected chi connectivity index (χ1v) is 6.10. The van der Waals surface area contributed by atoms with Crippen LogP contribution in [0.1, 0.15) is 20.8 Å². The predicted molar refractivity (Wildman–Crippen MR) is 70.4 cm³/mol. The zero-order chi connectivity index (χ0) is 13.2. The van der Waals surface area contributed by atoms with E-state index < -0.39 is 11.4 Å². The molecule has 2 N–H and O–H groups in total. The molecule has 0 radical (unpaired) electrons. The monoisotopic (exact) mass is 279 g/mol. The van der Waals surface area contributed by atoms with Gasteiger partial charge in [0, 0.05) is 12.2 Å².